The molecule has 1 saturated heterocycles. The van der Waals surface area contributed by atoms with Crippen molar-refractivity contribution in [3.63, 3.8) is 0 Å². The number of aromatic nitrogens is 2. The van der Waals surface area contributed by atoms with Gasteiger partial charge in [-0.3, -0.25) is 5.10 Å². The Hall–Kier alpha value is -1.45. The van der Waals surface area contributed by atoms with Gasteiger partial charge in [0.1, 0.15) is 5.56 Å². The second-order valence-electron chi connectivity index (χ2n) is 4.43. The van der Waals surface area contributed by atoms with Gasteiger partial charge in [0, 0.05) is 18.3 Å². The summed E-state index contributed by atoms with van der Waals surface area (Å²) in [5, 5.41) is 23.8. The molecule has 8 nitrogen and oxygen atoms in total. The zero-order valence-corrected chi connectivity index (χ0v) is 11.1. The molecule has 1 aliphatic heterocycles. The van der Waals surface area contributed by atoms with Crippen molar-refractivity contribution in [1.29, 1.82) is 0 Å². The highest BCUT2D eigenvalue weighted by Gasteiger charge is 2.39. The number of sulfonamides is 1. The van der Waals surface area contributed by atoms with Crippen LogP contribution in [-0.2, 0) is 10.0 Å². The SMILES string of the molecule is Cc1[nH]nc(S(=O)(=O)N2CCC[C@@H]2CO)c1C(=O)O. The van der Waals surface area contributed by atoms with Crippen LogP contribution in [0.1, 0.15) is 28.9 Å². The fourth-order valence-electron chi connectivity index (χ4n) is 2.26. The summed E-state index contributed by atoms with van der Waals surface area (Å²) in [6.45, 7) is 1.42. The van der Waals surface area contributed by atoms with Crippen LogP contribution in [0.2, 0.25) is 0 Å². The van der Waals surface area contributed by atoms with E-state index in [2.05, 4.69) is 10.2 Å². The van der Waals surface area contributed by atoms with Gasteiger partial charge < -0.3 is 10.2 Å². The van der Waals surface area contributed by atoms with Crippen LogP contribution in [-0.4, -0.2) is 58.3 Å². The van der Waals surface area contributed by atoms with Gasteiger partial charge in [0.15, 0.2) is 0 Å². The fraction of sp³-hybridized carbons (Fsp3) is 0.600. The van der Waals surface area contributed by atoms with Crippen molar-refractivity contribution in [1.82, 2.24) is 14.5 Å². The Bertz CT molecular complexity index is 594. The number of rotatable bonds is 4. The van der Waals surface area contributed by atoms with Crippen LogP contribution in [0.15, 0.2) is 5.03 Å². The molecule has 0 saturated carbocycles. The molecule has 0 spiro atoms. The van der Waals surface area contributed by atoms with E-state index in [0.717, 1.165) is 4.31 Å². The standard InChI is InChI=1S/C10H15N3O5S/c1-6-8(10(15)16)9(12-11-6)19(17,18)13-4-2-3-7(13)5-14/h7,14H,2-5H2,1H3,(H,11,12)(H,15,16)/t7-/m1/s1. The number of H-pyrrole nitrogens is 1. The number of hydrogen-bond acceptors (Lipinski definition) is 5. The number of carbonyl (C=O) groups is 1. The van der Waals surface area contributed by atoms with E-state index in [-0.39, 0.29) is 24.4 Å². The topological polar surface area (TPSA) is 124 Å². The molecule has 2 rings (SSSR count). The quantitative estimate of drug-likeness (QED) is 0.690. The highest BCUT2D eigenvalue weighted by molar-refractivity contribution is 7.89. The van der Waals surface area contributed by atoms with E-state index in [9.17, 15) is 18.3 Å². The van der Waals surface area contributed by atoms with Crippen LogP contribution in [0.25, 0.3) is 0 Å². The van der Waals surface area contributed by atoms with Gasteiger partial charge in [-0.1, -0.05) is 0 Å². The lowest BCUT2D eigenvalue weighted by molar-refractivity contribution is 0.0691. The molecule has 19 heavy (non-hydrogen) atoms. The van der Waals surface area contributed by atoms with E-state index in [4.69, 9.17) is 5.11 Å². The van der Waals surface area contributed by atoms with Crippen LogP contribution in [0, 0.1) is 6.92 Å². The summed E-state index contributed by atoms with van der Waals surface area (Å²) in [4.78, 5) is 11.1. The van der Waals surface area contributed by atoms with Gasteiger partial charge >= 0.3 is 5.97 Å². The van der Waals surface area contributed by atoms with Gasteiger partial charge in [-0.2, -0.15) is 9.40 Å². The average molecular weight is 289 g/mol. The summed E-state index contributed by atoms with van der Waals surface area (Å²) in [6.07, 6.45) is 1.19. The number of carboxylic acids is 1. The molecule has 0 bridgehead atoms. The fourth-order valence-corrected chi connectivity index (χ4v) is 4.08. The molecule has 1 atom stereocenters. The van der Waals surface area contributed by atoms with E-state index in [1.165, 1.54) is 6.92 Å². The minimum Gasteiger partial charge on any atom is -0.478 e. The zero-order chi connectivity index (χ0) is 14.2. The Kier molecular flexibility index (Phi) is 3.61. The number of aromatic amines is 1. The molecule has 1 aliphatic rings. The minimum absolute atomic E-state index is 0.186. The molecule has 1 aromatic rings. The molecule has 3 N–H and O–H groups in total. The first kappa shape index (κ1) is 14.0. The molecule has 0 amide bonds. The summed E-state index contributed by atoms with van der Waals surface area (Å²) in [5.41, 5.74) is -0.158. The van der Waals surface area contributed by atoms with Gasteiger partial charge in [0.05, 0.1) is 6.61 Å². The second kappa shape index (κ2) is 4.91. The van der Waals surface area contributed by atoms with E-state index >= 15 is 0 Å². The van der Waals surface area contributed by atoms with Crippen LogP contribution in [0.5, 0.6) is 0 Å². The van der Waals surface area contributed by atoms with Gasteiger partial charge in [-0.25, -0.2) is 13.2 Å². The lowest BCUT2D eigenvalue weighted by Crippen LogP contribution is -2.38. The first-order valence-electron chi connectivity index (χ1n) is 5.80. The van der Waals surface area contributed by atoms with Crippen molar-refractivity contribution in [2.24, 2.45) is 0 Å². The molecule has 9 heteroatoms. The van der Waals surface area contributed by atoms with Crippen LogP contribution in [0.4, 0.5) is 0 Å². The molecular formula is C10H15N3O5S. The number of nitrogens with one attached hydrogen (secondary N) is 1. The van der Waals surface area contributed by atoms with Crippen molar-refractivity contribution < 1.29 is 23.4 Å². The number of aliphatic hydroxyl groups is 1. The largest absolute Gasteiger partial charge is 0.478 e. The lowest BCUT2D eigenvalue weighted by atomic mass is 10.2. The van der Waals surface area contributed by atoms with E-state index < -0.39 is 27.1 Å². The molecule has 1 fully saturated rings. The molecule has 106 valence electrons. The Morgan fingerprint density at radius 1 is 1.58 bits per heavy atom. The first-order valence-corrected chi connectivity index (χ1v) is 7.24. The molecule has 0 unspecified atom stereocenters. The predicted octanol–water partition coefficient (Wildman–Crippen LogP) is -0.438. The monoisotopic (exact) mass is 289 g/mol. The maximum atomic E-state index is 12.4. The number of carboxylic acid groups (broad SMARTS) is 1. The Morgan fingerprint density at radius 2 is 2.26 bits per heavy atom. The average Bonchev–Trinajstić information content (AvgIpc) is 2.94. The second-order valence-corrected chi connectivity index (χ2v) is 6.23. The normalized spacial score (nSPS) is 20.8. The molecule has 2 heterocycles. The summed E-state index contributed by atoms with van der Waals surface area (Å²) < 4.78 is 25.9. The van der Waals surface area contributed by atoms with Crippen molar-refractivity contribution in [3.05, 3.63) is 11.3 Å². The zero-order valence-electron chi connectivity index (χ0n) is 10.3. The van der Waals surface area contributed by atoms with E-state index in [1.54, 1.807) is 0 Å². The van der Waals surface area contributed by atoms with Crippen LogP contribution >= 0.6 is 0 Å². The van der Waals surface area contributed by atoms with Gasteiger partial charge in [-0.05, 0) is 19.8 Å². The number of aryl methyl sites for hydroxylation is 1. The van der Waals surface area contributed by atoms with Crippen LogP contribution < -0.4 is 0 Å². The molecule has 0 aromatic carbocycles. The number of hydrogen-bond donors (Lipinski definition) is 3. The summed E-state index contributed by atoms with van der Waals surface area (Å²) in [7, 11) is -4.00. The Morgan fingerprint density at radius 3 is 2.84 bits per heavy atom. The van der Waals surface area contributed by atoms with Crippen molar-refractivity contribution in [2.75, 3.05) is 13.2 Å². The highest BCUT2D eigenvalue weighted by atomic mass is 32.2. The summed E-state index contributed by atoms with van der Waals surface area (Å²) in [6, 6.07) is -0.511. The smallest absolute Gasteiger partial charge is 0.340 e. The van der Waals surface area contributed by atoms with E-state index in [0.29, 0.717) is 12.8 Å². The molecule has 0 radical (unpaired) electrons. The maximum absolute atomic E-state index is 12.4. The number of aliphatic hydroxyl groups excluding tert-OH is 1. The third kappa shape index (κ3) is 2.24. The Labute approximate surface area is 110 Å². The molecule has 0 aliphatic carbocycles. The van der Waals surface area contributed by atoms with Gasteiger partial charge in [0.25, 0.3) is 10.0 Å². The third-order valence-electron chi connectivity index (χ3n) is 3.21. The Balaban J connectivity index is 2.48. The highest BCUT2D eigenvalue weighted by Crippen LogP contribution is 2.27. The van der Waals surface area contributed by atoms with E-state index in [1.807, 2.05) is 0 Å². The maximum Gasteiger partial charge on any atom is 0.340 e. The number of aromatic carboxylic acids is 1. The molecular weight excluding hydrogens is 274 g/mol. The van der Waals surface area contributed by atoms with Crippen molar-refractivity contribution in [2.45, 2.75) is 30.8 Å². The predicted molar refractivity (Wildman–Crippen MR) is 64.3 cm³/mol. The number of nitrogens with zero attached hydrogens (tertiary/aromatic N) is 2. The summed E-state index contributed by atoms with van der Waals surface area (Å²) in [5.74, 6) is -1.34. The lowest BCUT2D eigenvalue weighted by Gasteiger charge is -2.21. The van der Waals surface area contributed by atoms with Crippen molar-refractivity contribution >= 4 is 16.0 Å². The van der Waals surface area contributed by atoms with Gasteiger partial charge in [0.2, 0.25) is 5.03 Å². The first-order chi connectivity index (χ1) is 8.89. The van der Waals surface area contributed by atoms with Gasteiger partial charge in [-0.15, -0.1) is 0 Å². The molecule has 1 aromatic heterocycles. The third-order valence-corrected chi connectivity index (χ3v) is 5.10. The van der Waals surface area contributed by atoms with Crippen LogP contribution in [0.3, 0.4) is 0 Å². The minimum atomic E-state index is -4.00. The summed E-state index contributed by atoms with van der Waals surface area (Å²) >= 11 is 0. The van der Waals surface area contributed by atoms with Crippen molar-refractivity contribution in [3.8, 4) is 0 Å².